The zero-order chi connectivity index (χ0) is 31.9. The van der Waals surface area contributed by atoms with E-state index in [1.165, 1.54) is 31.4 Å². The molecule has 0 saturated carbocycles. The fourth-order valence-electron chi connectivity index (χ4n) is 6.63. The lowest BCUT2D eigenvalue weighted by Gasteiger charge is -2.40. The Morgan fingerprint density at radius 1 is 1.23 bits per heavy atom. The Labute approximate surface area is 261 Å². The minimum atomic E-state index is -1.59. The van der Waals surface area contributed by atoms with Crippen LogP contribution in [0.2, 0.25) is 10.0 Å². The van der Waals surface area contributed by atoms with E-state index < -0.39 is 57.9 Å². The molecule has 0 aliphatic carbocycles. The Morgan fingerprint density at radius 2 is 1.98 bits per heavy atom. The number of fused-ring (bicyclic) bond motifs is 2. The van der Waals surface area contributed by atoms with Crippen LogP contribution in [0, 0.1) is 15.9 Å². The van der Waals surface area contributed by atoms with Gasteiger partial charge in [-0.3, -0.25) is 19.8 Å². The van der Waals surface area contributed by atoms with Crippen molar-refractivity contribution in [3.05, 3.63) is 103 Å². The number of amides is 1. The van der Waals surface area contributed by atoms with Crippen LogP contribution < -0.4 is 11.1 Å². The van der Waals surface area contributed by atoms with Gasteiger partial charge in [0.05, 0.1) is 40.9 Å². The first kappa shape index (κ1) is 31.8. The number of nitro benzene ring substituents is 1. The molecule has 2 aliphatic heterocycles. The summed E-state index contributed by atoms with van der Waals surface area (Å²) in [5.41, 5.74) is 5.72. The number of nitro groups is 1. The highest BCUT2D eigenvalue weighted by Crippen LogP contribution is 2.58. The third-order valence-electron chi connectivity index (χ3n) is 8.44. The number of nitrogens with two attached hydrogens (primary N) is 1. The molecule has 1 unspecified atom stereocenters. The number of nitrogens with zero attached hydrogens (tertiary/aromatic N) is 2. The standard InChI is InChI=1S/C30H29Cl2FN4O7/c1-43-11-10-36-23(14-24(38)17-8-6-15(28(39)44-2)12-22(17)37(41)42)27(34)25(18-4-3-5-20(32)26(18)33)30(36)19-9-7-16(31)13-21(19)35-29(30)40/h3-9,12-13,23-25,27,38H,10-11,14,34H2,1-2H3,(H,35,40)/t23-,24?,25-,27+,30+/m0/s1. The molecule has 44 heavy (non-hydrogen) atoms. The fourth-order valence-corrected chi connectivity index (χ4v) is 6.98. The predicted octanol–water partition coefficient (Wildman–Crippen LogP) is 4.54. The number of esters is 1. The SMILES string of the molecule is COCCN1[C@@H](CC(O)c2ccc(C(=O)OC)cc2[N+](=O)[O-])[C@@H](N)[C@H](c2cccc(Cl)c2F)[C@]12C(=O)Nc1cc(Cl)ccc12. The van der Waals surface area contributed by atoms with Crippen molar-refractivity contribution in [2.24, 2.45) is 5.73 Å². The van der Waals surface area contributed by atoms with Crippen molar-refractivity contribution in [1.29, 1.82) is 0 Å². The van der Waals surface area contributed by atoms with Gasteiger partial charge in [-0.15, -0.1) is 0 Å². The summed E-state index contributed by atoms with van der Waals surface area (Å²) in [4.78, 5) is 39.3. The molecule has 5 rings (SSSR count). The van der Waals surface area contributed by atoms with Gasteiger partial charge in [0, 0.05) is 54.0 Å². The van der Waals surface area contributed by atoms with Gasteiger partial charge in [0.1, 0.15) is 11.4 Å². The van der Waals surface area contributed by atoms with Gasteiger partial charge < -0.3 is 25.6 Å². The van der Waals surface area contributed by atoms with Gasteiger partial charge in [-0.2, -0.15) is 0 Å². The molecule has 5 atom stereocenters. The second-order valence-electron chi connectivity index (χ2n) is 10.6. The van der Waals surface area contributed by atoms with Crippen LogP contribution >= 0.6 is 23.2 Å². The largest absolute Gasteiger partial charge is 0.465 e. The van der Waals surface area contributed by atoms with Crippen molar-refractivity contribution in [2.45, 2.75) is 36.1 Å². The predicted molar refractivity (Wildman–Crippen MR) is 160 cm³/mol. The summed E-state index contributed by atoms with van der Waals surface area (Å²) in [6.07, 6.45) is -1.67. The van der Waals surface area contributed by atoms with E-state index in [0.29, 0.717) is 16.3 Å². The van der Waals surface area contributed by atoms with E-state index in [4.69, 9.17) is 33.7 Å². The first-order valence-electron chi connectivity index (χ1n) is 13.6. The highest BCUT2D eigenvalue weighted by molar-refractivity contribution is 6.31. The first-order valence-corrected chi connectivity index (χ1v) is 14.3. The van der Waals surface area contributed by atoms with E-state index in [1.54, 1.807) is 29.2 Å². The molecule has 3 aromatic carbocycles. The molecule has 4 N–H and O–H groups in total. The Kier molecular flexibility index (Phi) is 8.94. The molecule has 232 valence electrons. The minimum Gasteiger partial charge on any atom is -0.465 e. The minimum absolute atomic E-state index is 0.0669. The summed E-state index contributed by atoms with van der Waals surface area (Å²) >= 11 is 12.5. The third-order valence-corrected chi connectivity index (χ3v) is 8.97. The molecule has 1 spiro atoms. The summed E-state index contributed by atoms with van der Waals surface area (Å²) in [6, 6.07) is 11.1. The van der Waals surface area contributed by atoms with Crippen LogP contribution in [0.25, 0.3) is 0 Å². The number of aliphatic hydroxyl groups is 1. The van der Waals surface area contributed by atoms with Crippen LogP contribution in [0.5, 0.6) is 0 Å². The molecule has 14 heteroatoms. The Bertz CT molecular complexity index is 1640. The highest BCUT2D eigenvalue weighted by Gasteiger charge is 2.66. The lowest BCUT2D eigenvalue weighted by atomic mass is 9.73. The van der Waals surface area contributed by atoms with E-state index in [-0.39, 0.29) is 41.3 Å². The number of likely N-dealkylation sites (tertiary alicyclic amines) is 1. The molecular weight excluding hydrogens is 618 g/mol. The van der Waals surface area contributed by atoms with E-state index in [0.717, 1.165) is 13.2 Å². The fraction of sp³-hybridized carbons (Fsp3) is 0.333. The van der Waals surface area contributed by atoms with Crippen LogP contribution in [-0.4, -0.2) is 66.3 Å². The van der Waals surface area contributed by atoms with Crippen LogP contribution in [0.15, 0.2) is 54.6 Å². The molecule has 1 fully saturated rings. The molecule has 2 aliphatic rings. The maximum atomic E-state index is 15.8. The number of nitrogens with one attached hydrogen (secondary N) is 1. The van der Waals surface area contributed by atoms with E-state index >= 15 is 4.39 Å². The molecular formula is C30H29Cl2FN4O7. The van der Waals surface area contributed by atoms with Crippen LogP contribution in [-0.2, 0) is 19.8 Å². The molecule has 0 bridgehead atoms. The van der Waals surface area contributed by atoms with E-state index in [9.17, 15) is 24.8 Å². The smallest absolute Gasteiger partial charge is 0.338 e. The molecule has 1 saturated heterocycles. The topological polar surface area (TPSA) is 157 Å². The maximum absolute atomic E-state index is 15.8. The summed E-state index contributed by atoms with van der Waals surface area (Å²) in [5, 5.41) is 26.6. The highest BCUT2D eigenvalue weighted by atomic mass is 35.5. The van der Waals surface area contributed by atoms with Crippen molar-refractivity contribution in [2.75, 3.05) is 32.7 Å². The molecule has 1 amide bonds. The zero-order valence-corrected chi connectivity index (χ0v) is 25.1. The van der Waals surface area contributed by atoms with Crippen LogP contribution in [0.3, 0.4) is 0 Å². The second-order valence-corrected chi connectivity index (χ2v) is 11.5. The molecule has 0 aromatic heterocycles. The van der Waals surface area contributed by atoms with Crippen molar-refractivity contribution < 1.29 is 33.5 Å². The van der Waals surface area contributed by atoms with Gasteiger partial charge in [0.15, 0.2) is 0 Å². The first-order chi connectivity index (χ1) is 21.0. The third kappa shape index (κ3) is 5.11. The number of halogens is 3. The number of carbonyl (C=O) groups is 2. The molecule has 0 radical (unpaired) electrons. The number of anilines is 1. The number of rotatable bonds is 9. The zero-order valence-electron chi connectivity index (χ0n) is 23.6. The number of hydrogen-bond acceptors (Lipinski definition) is 9. The second kappa shape index (κ2) is 12.4. The van der Waals surface area contributed by atoms with Crippen molar-refractivity contribution in [3.63, 3.8) is 0 Å². The molecule has 3 aromatic rings. The monoisotopic (exact) mass is 646 g/mol. The van der Waals surface area contributed by atoms with E-state index in [2.05, 4.69) is 10.1 Å². The summed E-state index contributed by atoms with van der Waals surface area (Å²) < 4.78 is 25.8. The number of ether oxygens (including phenoxy) is 2. The molecule has 11 nitrogen and oxygen atoms in total. The summed E-state index contributed by atoms with van der Waals surface area (Å²) in [7, 11) is 2.63. The van der Waals surface area contributed by atoms with Crippen molar-refractivity contribution in [1.82, 2.24) is 4.90 Å². The van der Waals surface area contributed by atoms with Crippen molar-refractivity contribution in [3.8, 4) is 0 Å². The Balaban J connectivity index is 1.68. The average molecular weight is 647 g/mol. The van der Waals surface area contributed by atoms with E-state index in [1.807, 2.05) is 0 Å². The number of benzene rings is 3. The van der Waals surface area contributed by atoms with Crippen molar-refractivity contribution >= 4 is 46.5 Å². The average Bonchev–Trinajstić information content (AvgIpc) is 3.41. The van der Waals surface area contributed by atoms with Crippen LogP contribution in [0.1, 0.15) is 45.5 Å². The van der Waals surface area contributed by atoms with Gasteiger partial charge in [-0.05, 0) is 42.3 Å². The van der Waals surface area contributed by atoms with Gasteiger partial charge in [0.25, 0.3) is 5.69 Å². The summed E-state index contributed by atoms with van der Waals surface area (Å²) in [6.45, 7) is 0.259. The maximum Gasteiger partial charge on any atom is 0.338 e. The number of hydrogen-bond donors (Lipinski definition) is 3. The van der Waals surface area contributed by atoms with Gasteiger partial charge in [0.2, 0.25) is 5.91 Å². The Hall–Kier alpha value is -3.65. The van der Waals surface area contributed by atoms with Crippen LogP contribution in [0.4, 0.5) is 15.8 Å². The lowest BCUT2D eigenvalue weighted by Crippen LogP contribution is -2.53. The Morgan fingerprint density at radius 3 is 2.66 bits per heavy atom. The van der Waals surface area contributed by atoms with Gasteiger partial charge in [-0.25, -0.2) is 9.18 Å². The lowest BCUT2D eigenvalue weighted by molar-refractivity contribution is -0.386. The van der Waals surface area contributed by atoms with Gasteiger partial charge >= 0.3 is 5.97 Å². The number of aliphatic hydroxyl groups excluding tert-OH is 1. The summed E-state index contributed by atoms with van der Waals surface area (Å²) in [5.74, 6) is -3.03. The quantitative estimate of drug-likeness (QED) is 0.172. The number of carbonyl (C=O) groups excluding carboxylic acids is 2. The van der Waals surface area contributed by atoms with Gasteiger partial charge in [-0.1, -0.05) is 41.4 Å². The number of methoxy groups -OCH3 is 2. The molecule has 2 heterocycles. The normalized spacial score (nSPS) is 23.4.